The molecule has 4 heteroatoms. The average molecular weight is 309 g/mol. The molecule has 3 aromatic rings. The number of nitrogens with one attached hydrogen (secondary N) is 1. The maximum absolute atomic E-state index is 11.9. The van der Waals surface area contributed by atoms with Crippen molar-refractivity contribution in [3.05, 3.63) is 65.4 Å². The molecule has 1 atom stereocenters. The van der Waals surface area contributed by atoms with Crippen molar-refractivity contribution in [3.63, 3.8) is 0 Å². The van der Waals surface area contributed by atoms with Crippen LogP contribution < -0.4 is 4.74 Å². The second-order valence-corrected chi connectivity index (χ2v) is 5.66. The predicted octanol–water partition coefficient (Wildman–Crippen LogP) is 3.90. The Bertz CT molecular complexity index is 836. The molecule has 0 spiro atoms. The summed E-state index contributed by atoms with van der Waals surface area (Å²) in [5.74, 6) is -0.694. The van der Waals surface area contributed by atoms with Gasteiger partial charge in [-0.15, -0.1) is 0 Å². The average Bonchev–Trinajstić information content (AvgIpc) is 2.88. The molecule has 118 valence electrons. The molecule has 0 fully saturated rings. The van der Waals surface area contributed by atoms with Crippen molar-refractivity contribution in [3.8, 4) is 5.75 Å². The Morgan fingerprint density at radius 2 is 1.96 bits per heavy atom. The molecule has 1 unspecified atom stereocenters. The van der Waals surface area contributed by atoms with Crippen LogP contribution in [0.15, 0.2) is 48.5 Å². The molecule has 0 aliphatic carbocycles. The molecule has 4 nitrogen and oxygen atoms in total. The lowest BCUT2D eigenvalue weighted by atomic mass is 9.90. The van der Waals surface area contributed by atoms with E-state index in [2.05, 4.69) is 4.98 Å². The number of hydrogen-bond acceptors (Lipinski definition) is 2. The van der Waals surface area contributed by atoms with Crippen LogP contribution in [0.4, 0.5) is 0 Å². The van der Waals surface area contributed by atoms with Crippen LogP contribution in [0.1, 0.15) is 22.7 Å². The SMILES string of the molecule is COc1ccc2[nH]c(C)c(C(Cc3ccccc3)C(=O)O)c2c1. The molecule has 1 heterocycles. The Hall–Kier alpha value is -2.75. The zero-order valence-electron chi connectivity index (χ0n) is 13.2. The van der Waals surface area contributed by atoms with Gasteiger partial charge in [0.05, 0.1) is 13.0 Å². The Kier molecular flexibility index (Phi) is 4.06. The lowest BCUT2D eigenvalue weighted by molar-refractivity contribution is -0.138. The number of carbonyl (C=O) groups is 1. The Balaban J connectivity index is 2.10. The van der Waals surface area contributed by atoms with Gasteiger partial charge >= 0.3 is 5.97 Å². The lowest BCUT2D eigenvalue weighted by Gasteiger charge is -2.14. The van der Waals surface area contributed by atoms with Gasteiger partial charge in [-0.2, -0.15) is 0 Å². The van der Waals surface area contributed by atoms with Crippen molar-refractivity contribution in [2.45, 2.75) is 19.3 Å². The number of ether oxygens (including phenoxy) is 1. The van der Waals surface area contributed by atoms with Crippen LogP contribution >= 0.6 is 0 Å². The molecule has 23 heavy (non-hydrogen) atoms. The van der Waals surface area contributed by atoms with Crippen LogP contribution in [0.3, 0.4) is 0 Å². The van der Waals surface area contributed by atoms with Gasteiger partial charge in [0.15, 0.2) is 0 Å². The summed E-state index contributed by atoms with van der Waals surface area (Å²) in [4.78, 5) is 15.2. The number of aryl methyl sites for hydroxylation is 1. The molecule has 0 saturated carbocycles. The topological polar surface area (TPSA) is 62.3 Å². The van der Waals surface area contributed by atoms with Crippen molar-refractivity contribution in [1.82, 2.24) is 4.98 Å². The maximum Gasteiger partial charge on any atom is 0.311 e. The van der Waals surface area contributed by atoms with Gasteiger partial charge in [-0.05, 0) is 42.7 Å². The number of aromatic nitrogens is 1. The summed E-state index contributed by atoms with van der Waals surface area (Å²) in [5.41, 5.74) is 3.65. The Morgan fingerprint density at radius 3 is 2.61 bits per heavy atom. The molecule has 0 aliphatic rings. The van der Waals surface area contributed by atoms with Crippen LogP contribution in [0.5, 0.6) is 5.75 Å². The largest absolute Gasteiger partial charge is 0.497 e. The minimum absolute atomic E-state index is 0.460. The molecule has 0 amide bonds. The van der Waals surface area contributed by atoms with Crippen molar-refractivity contribution in [2.24, 2.45) is 0 Å². The highest BCUT2D eigenvalue weighted by atomic mass is 16.5. The second-order valence-electron chi connectivity index (χ2n) is 5.66. The van der Waals surface area contributed by atoms with E-state index < -0.39 is 11.9 Å². The van der Waals surface area contributed by atoms with Crippen molar-refractivity contribution < 1.29 is 14.6 Å². The number of rotatable bonds is 5. The number of aromatic amines is 1. The van der Waals surface area contributed by atoms with E-state index in [1.54, 1.807) is 7.11 Å². The highest BCUT2D eigenvalue weighted by Gasteiger charge is 2.26. The highest BCUT2D eigenvalue weighted by molar-refractivity contribution is 5.91. The molecule has 3 rings (SSSR count). The molecular formula is C19H19NO3. The summed E-state index contributed by atoms with van der Waals surface area (Å²) in [6.07, 6.45) is 0.460. The smallest absolute Gasteiger partial charge is 0.311 e. The van der Waals surface area contributed by atoms with E-state index in [1.165, 1.54) is 0 Å². The number of benzene rings is 2. The van der Waals surface area contributed by atoms with E-state index in [0.717, 1.165) is 33.5 Å². The van der Waals surface area contributed by atoms with Crippen LogP contribution in [0.25, 0.3) is 10.9 Å². The quantitative estimate of drug-likeness (QED) is 0.751. The summed E-state index contributed by atoms with van der Waals surface area (Å²) >= 11 is 0. The molecule has 0 saturated heterocycles. The molecule has 0 bridgehead atoms. The molecule has 1 aromatic heterocycles. The third-order valence-electron chi connectivity index (χ3n) is 4.17. The number of aliphatic carboxylic acids is 1. The first-order valence-electron chi connectivity index (χ1n) is 7.53. The first-order chi connectivity index (χ1) is 11.1. The number of H-pyrrole nitrogens is 1. The van der Waals surface area contributed by atoms with E-state index in [0.29, 0.717) is 6.42 Å². The number of hydrogen-bond donors (Lipinski definition) is 2. The zero-order valence-corrected chi connectivity index (χ0v) is 13.2. The third-order valence-corrected chi connectivity index (χ3v) is 4.17. The Labute approximate surface area is 134 Å². The van der Waals surface area contributed by atoms with Gasteiger partial charge in [0, 0.05) is 16.6 Å². The zero-order chi connectivity index (χ0) is 16.4. The molecule has 2 N–H and O–H groups in total. The van der Waals surface area contributed by atoms with Crippen LogP contribution in [-0.2, 0) is 11.2 Å². The third kappa shape index (κ3) is 2.93. The summed E-state index contributed by atoms with van der Waals surface area (Å²) in [6.45, 7) is 1.92. The highest BCUT2D eigenvalue weighted by Crippen LogP contribution is 2.33. The molecule has 0 aliphatic heterocycles. The first kappa shape index (κ1) is 15.2. The minimum atomic E-state index is -0.819. The van der Waals surface area contributed by atoms with Crippen LogP contribution in [-0.4, -0.2) is 23.2 Å². The number of carboxylic acid groups (broad SMARTS) is 1. The standard InChI is InChI=1S/C19H19NO3/c1-12-18(15-11-14(23-2)8-9-17(15)20-12)16(19(21)22)10-13-6-4-3-5-7-13/h3-9,11,16,20H,10H2,1-2H3,(H,21,22). The summed E-state index contributed by atoms with van der Waals surface area (Å²) in [6, 6.07) is 15.4. The normalized spacial score (nSPS) is 12.3. The van der Waals surface area contributed by atoms with E-state index >= 15 is 0 Å². The predicted molar refractivity (Wildman–Crippen MR) is 90.1 cm³/mol. The fourth-order valence-corrected chi connectivity index (χ4v) is 3.07. The van der Waals surface area contributed by atoms with E-state index in [4.69, 9.17) is 4.74 Å². The van der Waals surface area contributed by atoms with Gasteiger partial charge in [0.2, 0.25) is 0 Å². The van der Waals surface area contributed by atoms with E-state index in [-0.39, 0.29) is 0 Å². The number of carboxylic acids is 1. The summed E-state index contributed by atoms with van der Waals surface area (Å²) < 4.78 is 5.28. The van der Waals surface area contributed by atoms with Gasteiger partial charge in [-0.25, -0.2) is 0 Å². The summed E-state index contributed by atoms with van der Waals surface area (Å²) in [7, 11) is 1.61. The van der Waals surface area contributed by atoms with Crippen molar-refractivity contribution >= 4 is 16.9 Å². The van der Waals surface area contributed by atoms with Gasteiger partial charge in [-0.1, -0.05) is 30.3 Å². The van der Waals surface area contributed by atoms with Crippen molar-refractivity contribution in [2.75, 3.05) is 7.11 Å². The van der Waals surface area contributed by atoms with Crippen LogP contribution in [0, 0.1) is 6.92 Å². The second kappa shape index (κ2) is 6.16. The molecular weight excluding hydrogens is 290 g/mol. The molecule has 0 radical (unpaired) electrons. The summed E-state index contributed by atoms with van der Waals surface area (Å²) in [5, 5.41) is 10.7. The lowest BCUT2D eigenvalue weighted by Crippen LogP contribution is -2.15. The number of methoxy groups -OCH3 is 1. The molecule has 2 aromatic carbocycles. The maximum atomic E-state index is 11.9. The van der Waals surface area contributed by atoms with E-state index in [9.17, 15) is 9.90 Å². The number of fused-ring (bicyclic) bond motifs is 1. The van der Waals surface area contributed by atoms with Crippen molar-refractivity contribution in [1.29, 1.82) is 0 Å². The Morgan fingerprint density at radius 1 is 1.22 bits per heavy atom. The first-order valence-corrected chi connectivity index (χ1v) is 7.53. The fourth-order valence-electron chi connectivity index (χ4n) is 3.07. The minimum Gasteiger partial charge on any atom is -0.497 e. The monoisotopic (exact) mass is 309 g/mol. The van der Waals surface area contributed by atoms with Gasteiger partial charge in [0.25, 0.3) is 0 Å². The van der Waals surface area contributed by atoms with Gasteiger partial charge in [0.1, 0.15) is 5.75 Å². The van der Waals surface area contributed by atoms with E-state index in [1.807, 2.05) is 55.5 Å². The van der Waals surface area contributed by atoms with Gasteiger partial charge < -0.3 is 14.8 Å². The fraction of sp³-hybridized carbons (Fsp3) is 0.211. The van der Waals surface area contributed by atoms with Crippen LogP contribution in [0.2, 0.25) is 0 Å². The van der Waals surface area contributed by atoms with Gasteiger partial charge in [-0.3, -0.25) is 4.79 Å².